The third-order valence-corrected chi connectivity index (χ3v) is 4.24. The number of aromatic amines is 1. The van der Waals surface area contributed by atoms with E-state index < -0.39 is 10.0 Å². The van der Waals surface area contributed by atoms with Gasteiger partial charge in [0.15, 0.2) is 0 Å². The van der Waals surface area contributed by atoms with Gasteiger partial charge >= 0.3 is 0 Å². The second-order valence-electron chi connectivity index (χ2n) is 5.52. The Labute approximate surface area is 139 Å². The molecule has 0 atom stereocenters. The van der Waals surface area contributed by atoms with Crippen LogP contribution in [0.1, 0.15) is 15.9 Å². The van der Waals surface area contributed by atoms with Crippen LogP contribution < -0.4 is 10.0 Å². The van der Waals surface area contributed by atoms with Gasteiger partial charge in [-0.15, -0.1) is 0 Å². The Morgan fingerprint density at radius 3 is 2.54 bits per heavy atom. The van der Waals surface area contributed by atoms with Crippen molar-refractivity contribution in [1.82, 2.24) is 9.71 Å². The van der Waals surface area contributed by atoms with Crippen molar-refractivity contribution in [2.45, 2.75) is 6.54 Å². The highest BCUT2D eigenvalue weighted by Crippen LogP contribution is 2.16. The highest BCUT2D eigenvalue weighted by molar-refractivity contribution is 7.88. The van der Waals surface area contributed by atoms with Gasteiger partial charge in [-0.25, -0.2) is 13.1 Å². The summed E-state index contributed by atoms with van der Waals surface area (Å²) in [5.41, 5.74) is 2.93. The smallest absolute Gasteiger partial charge is 0.255 e. The maximum atomic E-state index is 12.3. The van der Waals surface area contributed by atoms with Crippen LogP contribution in [0.3, 0.4) is 0 Å². The van der Waals surface area contributed by atoms with Gasteiger partial charge in [-0.05, 0) is 41.3 Å². The van der Waals surface area contributed by atoms with Crippen LogP contribution in [0.5, 0.6) is 0 Å². The number of carbonyl (C=O) groups excluding carboxylic acids is 1. The highest BCUT2D eigenvalue weighted by Gasteiger charge is 2.08. The van der Waals surface area contributed by atoms with Crippen LogP contribution in [0.2, 0.25) is 0 Å². The fraction of sp³-hybridized carbons (Fsp3) is 0.118. The zero-order valence-electron chi connectivity index (χ0n) is 13.0. The molecule has 2 aromatic carbocycles. The van der Waals surface area contributed by atoms with Crippen molar-refractivity contribution in [3.05, 3.63) is 65.9 Å². The van der Waals surface area contributed by atoms with Crippen LogP contribution in [0, 0.1) is 0 Å². The summed E-state index contributed by atoms with van der Waals surface area (Å²) in [4.78, 5) is 15.4. The lowest BCUT2D eigenvalue weighted by Crippen LogP contribution is -2.21. The summed E-state index contributed by atoms with van der Waals surface area (Å²) in [6.45, 7) is 0.219. The Morgan fingerprint density at radius 2 is 1.83 bits per heavy atom. The molecular weight excluding hydrogens is 326 g/mol. The molecule has 0 aliphatic heterocycles. The molecule has 1 heterocycles. The summed E-state index contributed by atoms with van der Waals surface area (Å²) in [7, 11) is -3.22. The second kappa shape index (κ2) is 6.46. The summed E-state index contributed by atoms with van der Waals surface area (Å²) in [6, 6.07) is 14.4. The maximum absolute atomic E-state index is 12.3. The van der Waals surface area contributed by atoms with Crippen molar-refractivity contribution >= 4 is 32.5 Å². The molecule has 6 nitrogen and oxygen atoms in total. The Morgan fingerprint density at radius 1 is 1.08 bits per heavy atom. The number of anilines is 1. The SMILES string of the molecule is CS(=O)(=O)NCc1ccc(NC(=O)c2ccc3cc[nH]c3c2)cc1. The Kier molecular flexibility index (Phi) is 4.37. The van der Waals surface area contributed by atoms with Crippen LogP contribution in [-0.4, -0.2) is 25.6 Å². The Hall–Kier alpha value is -2.64. The number of sulfonamides is 1. The van der Waals surface area contributed by atoms with Gasteiger partial charge in [0.1, 0.15) is 0 Å². The van der Waals surface area contributed by atoms with E-state index in [1.54, 1.807) is 36.4 Å². The predicted molar refractivity (Wildman–Crippen MR) is 94.4 cm³/mol. The van der Waals surface area contributed by atoms with E-state index in [1.807, 2.05) is 18.3 Å². The van der Waals surface area contributed by atoms with Gasteiger partial charge in [0.2, 0.25) is 10.0 Å². The molecule has 7 heteroatoms. The molecule has 0 aliphatic rings. The fourth-order valence-corrected chi connectivity index (χ4v) is 2.74. The van der Waals surface area contributed by atoms with Crippen molar-refractivity contribution < 1.29 is 13.2 Å². The van der Waals surface area contributed by atoms with Crippen LogP contribution in [0.25, 0.3) is 10.9 Å². The van der Waals surface area contributed by atoms with Gasteiger partial charge in [-0.2, -0.15) is 0 Å². The van der Waals surface area contributed by atoms with Crippen LogP contribution in [0.15, 0.2) is 54.7 Å². The van der Waals surface area contributed by atoms with Gasteiger partial charge in [-0.3, -0.25) is 4.79 Å². The first-order valence-corrected chi connectivity index (χ1v) is 9.22. The average Bonchev–Trinajstić information content (AvgIpc) is 3.01. The molecular formula is C17H17N3O3S. The van der Waals surface area contributed by atoms with Gasteiger partial charge in [0, 0.05) is 29.5 Å². The summed E-state index contributed by atoms with van der Waals surface area (Å²) >= 11 is 0. The molecule has 1 amide bonds. The molecule has 1 aromatic heterocycles. The van der Waals surface area contributed by atoms with Crippen molar-refractivity contribution in [2.24, 2.45) is 0 Å². The van der Waals surface area contributed by atoms with E-state index in [-0.39, 0.29) is 12.5 Å². The lowest BCUT2D eigenvalue weighted by atomic mass is 10.1. The van der Waals surface area contributed by atoms with Gasteiger partial charge in [-0.1, -0.05) is 18.2 Å². The summed E-state index contributed by atoms with van der Waals surface area (Å²) in [5, 5.41) is 3.87. The number of rotatable bonds is 5. The normalized spacial score (nSPS) is 11.5. The predicted octanol–water partition coefficient (Wildman–Crippen LogP) is 2.47. The monoisotopic (exact) mass is 343 g/mol. The molecule has 0 radical (unpaired) electrons. The van der Waals surface area contributed by atoms with Crippen LogP contribution in [-0.2, 0) is 16.6 Å². The Balaban J connectivity index is 1.67. The molecule has 3 N–H and O–H groups in total. The van der Waals surface area contributed by atoms with Crippen molar-refractivity contribution in [3.63, 3.8) is 0 Å². The van der Waals surface area contributed by atoms with E-state index in [2.05, 4.69) is 15.0 Å². The first kappa shape index (κ1) is 16.2. The molecule has 0 bridgehead atoms. The second-order valence-corrected chi connectivity index (χ2v) is 7.36. The van der Waals surface area contributed by atoms with Crippen molar-refractivity contribution in [1.29, 1.82) is 0 Å². The number of aromatic nitrogens is 1. The third kappa shape index (κ3) is 4.01. The van der Waals surface area contributed by atoms with E-state index >= 15 is 0 Å². The minimum Gasteiger partial charge on any atom is -0.361 e. The van der Waals surface area contributed by atoms with E-state index in [0.29, 0.717) is 11.3 Å². The number of nitrogens with one attached hydrogen (secondary N) is 3. The molecule has 3 rings (SSSR count). The van der Waals surface area contributed by atoms with Gasteiger partial charge in [0.05, 0.1) is 6.26 Å². The summed E-state index contributed by atoms with van der Waals surface area (Å²) < 4.78 is 24.6. The number of amides is 1. The molecule has 0 fully saturated rings. The minimum absolute atomic E-state index is 0.200. The molecule has 0 saturated carbocycles. The standard InChI is InChI=1S/C17H17N3O3S/c1-24(22,23)19-11-12-2-6-15(7-3-12)20-17(21)14-5-4-13-8-9-18-16(13)10-14/h2-10,18-19H,11H2,1H3,(H,20,21). The number of hydrogen-bond acceptors (Lipinski definition) is 3. The number of benzene rings is 2. The minimum atomic E-state index is -3.22. The number of H-pyrrole nitrogens is 1. The number of hydrogen-bond donors (Lipinski definition) is 3. The lowest BCUT2D eigenvalue weighted by Gasteiger charge is -2.07. The van der Waals surface area contributed by atoms with Gasteiger partial charge in [0.25, 0.3) is 5.91 Å². The van der Waals surface area contributed by atoms with Crippen LogP contribution >= 0.6 is 0 Å². The summed E-state index contributed by atoms with van der Waals surface area (Å²) in [5.74, 6) is -0.200. The number of fused-ring (bicyclic) bond motifs is 1. The van der Waals surface area contributed by atoms with E-state index in [9.17, 15) is 13.2 Å². The highest BCUT2D eigenvalue weighted by atomic mass is 32.2. The zero-order valence-corrected chi connectivity index (χ0v) is 13.9. The topological polar surface area (TPSA) is 91.1 Å². The third-order valence-electron chi connectivity index (χ3n) is 3.57. The molecule has 0 spiro atoms. The van der Waals surface area contributed by atoms with E-state index in [4.69, 9.17) is 0 Å². The maximum Gasteiger partial charge on any atom is 0.255 e. The molecule has 24 heavy (non-hydrogen) atoms. The van der Waals surface area contributed by atoms with Crippen molar-refractivity contribution in [2.75, 3.05) is 11.6 Å². The zero-order chi connectivity index (χ0) is 17.2. The molecule has 0 unspecified atom stereocenters. The van der Waals surface area contributed by atoms with Gasteiger partial charge < -0.3 is 10.3 Å². The number of carbonyl (C=O) groups is 1. The first-order chi connectivity index (χ1) is 11.4. The molecule has 0 aliphatic carbocycles. The van der Waals surface area contributed by atoms with Crippen LogP contribution in [0.4, 0.5) is 5.69 Å². The molecule has 3 aromatic rings. The van der Waals surface area contributed by atoms with E-state index in [1.165, 1.54) is 0 Å². The van der Waals surface area contributed by atoms with E-state index in [0.717, 1.165) is 22.7 Å². The Bertz CT molecular complexity index is 976. The molecule has 0 saturated heterocycles. The fourth-order valence-electron chi connectivity index (χ4n) is 2.31. The lowest BCUT2D eigenvalue weighted by molar-refractivity contribution is 0.102. The first-order valence-electron chi connectivity index (χ1n) is 7.33. The average molecular weight is 343 g/mol. The largest absolute Gasteiger partial charge is 0.361 e. The molecule has 124 valence electrons. The quantitative estimate of drug-likeness (QED) is 0.664. The summed E-state index contributed by atoms with van der Waals surface area (Å²) in [6.07, 6.45) is 2.94. The van der Waals surface area contributed by atoms with Crippen molar-refractivity contribution in [3.8, 4) is 0 Å².